The molecule has 1 fully saturated rings. The van der Waals surface area contributed by atoms with Crippen molar-refractivity contribution in [3.63, 3.8) is 0 Å². The molecular weight excluding hydrogens is 328 g/mol. The van der Waals surface area contributed by atoms with Crippen LogP contribution in [0.3, 0.4) is 0 Å². The van der Waals surface area contributed by atoms with E-state index in [0.29, 0.717) is 11.1 Å². The molecule has 0 spiro atoms. The fourth-order valence-electron chi connectivity index (χ4n) is 3.14. The van der Waals surface area contributed by atoms with E-state index in [1.165, 1.54) is 0 Å². The average Bonchev–Trinajstić information content (AvgIpc) is 2.68. The number of carbonyl (C=O) groups is 2. The Hall–Kier alpha value is -2.86. The first-order valence-corrected chi connectivity index (χ1v) is 8.86. The summed E-state index contributed by atoms with van der Waals surface area (Å²) in [6, 6.07) is 14.2. The number of anilines is 2. The highest BCUT2D eigenvalue weighted by molar-refractivity contribution is 6.06. The van der Waals surface area contributed by atoms with Crippen LogP contribution in [0.4, 0.5) is 11.4 Å². The molecule has 3 N–H and O–H groups in total. The van der Waals surface area contributed by atoms with Gasteiger partial charge in [0.2, 0.25) is 5.91 Å². The summed E-state index contributed by atoms with van der Waals surface area (Å²) in [6.07, 6.45) is 0. The number of nitrogens with one attached hydrogen (secondary N) is 1. The summed E-state index contributed by atoms with van der Waals surface area (Å²) in [4.78, 5) is 28.4. The van der Waals surface area contributed by atoms with Crippen molar-refractivity contribution in [1.82, 2.24) is 4.90 Å². The Kier molecular flexibility index (Phi) is 5.53. The zero-order valence-corrected chi connectivity index (χ0v) is 14.9. The van der Waals surface area contributed by atoms with E-state index in [4.69, 9.17) is 5.73 Å². The number of nitrogens with two attached hydrogens (primary N) is 1. The van der Waals surface area contributed by atoms with Gasteiger partial charge in [-0.2, -0.15) is 0 Å². The molecule has 0 bridgehead atoms. The Labute approximate surface area is 153 Å². The van der Waals surface area contributed by atoms with Crippen molar-refractivity contribution in [3.05, 3.63) is 59.7 Å². The van der Waals surface area contributed by atoms with Crippen molar-refractivity contribution >= 4 is 23.2 Å². The number of carbonyl (C=O) groups excluding carboxylic acids is 2. The minimum Gasteiger partial charge on any atom is -0.367 e. The van der Waals surface area contributed by atoms with Gasteiger partial charge in [-0.05, 0) is 42.9 Å². The molecule has 2 amide bonds. The van der Waals surface area contributed by atoms with Gasteiger partial charge in [0.1, 0.15) is 0 Å². The lowest BCUT2D eigenvalue weighted by atomic mass is 10.1. The molecule has 0 aromatic heterocycles. The molecular formula is C20H24N4O2. The van der Waals surface area contributed by atoms with Gasteiger partial charge in [0.25, 0.3) is 5.91 Å². The van der Waals surface area contributed by atoms with Gasteiger partial charge < -0.3 is 20.9 Å². The molecule has 6 nitrogen and oxygen atoms in total. The minimum atomic E-state index is -0.506. The molecule has 6 heteroatoms. The summed E-state index contributed by atoms with van der Waals surface area (Å²) < 4.78 is 0. The fourth-order valence-corrected chi connectivity index (χ4v) is 3.14. The van der Waals surface area contributed by atoms with Crippen LogP contribution in [0, 0.1) is 0 Å². The highest BCUT2D eigenvalue weighted by Gasteiger charge is 2.19. The smallest absolute Gasteiger partial charge is 0.255 e. The van der Waals surface area contributed by atoms with Crippen LogP contribution in [0.25, 0.3) is 0 Å². The second kappa shape index (κ2) is 8.01. The van der Waals surface area contributed by atoms with E-state index in [0.717, 1.165) is 44.1 Å². The van der Waals surface area contributed by atoms with Gasteiger partial charge in [-0.1, -0.05) is 19.1 Å². The average molecular weight is 352 g/mol. The molecule has 2 aromatic carbocycles. The van der Waals surface area contributed by atoms with E-state index in [2.05, 4.69) is 22.0 Å². The molecule has 0 atom stereocenters. The molecule has 0 aliphatic carbocycles. The van der Waals surface area contributed by atoms with E-state index in [1.807, 2.05) is 24.3 Å². The summed E-state index contributed by atoms with van der Waals surface area (Å²) >= 11 is 0. The van der Waals surface area contributed by atoms with Crippen molar-refractivity contribution in [2.75, 3.05) is 42.9 Å². The van der Waals surface area contributed by atoms with Gasteiger partial charge in [0.05, 0.1) is 11.4 Å². The maximum absolute atomic E-state index is 12.6. The molecule has 136 valence electrons. The number of primary amides is 1. The summed E-state index contributed by atoms with van der Waals surface area (Å²) in [6.45, 7) is 7.16. The van der Waals surface area contributed by atoms with E-state index in [1.54, 1.807) is 24.3 Å². The molecule has 0 unspecified atom stereocenters. The lowest BCUT2D eigenvalue weighted by molar-refractivity contribution is 0.0995. The van der Waals surface area contributed by atoms with E-state index >= 15 is 0 Å². The molecule has 0 saturated carbocycles. The SMILES string of the molecule is CCN1CCN(c2ccccc2NC(=O)c2ccc(C(N)=O)cc2)CC1. The second-order valence-electron chi connectivity index (χ2n) is 6.33. The van der Waals surface area contributed by atoms with Crippen LogP contribution in [0.15, 0.2) is 48.5 Å². The Morgan fingerprint density at radius 1 is 0.962 bits per heavy atom. The van der Waals surface area contributed by atoms with Crippen LogP contribution >= 0.6 is 0 Å². The largest absolute Gasteiger partial charge is 0.367 e. The van der Waals surface area contributed by atoms with Crippen molar-refractivity contribution in [2.24, 2.45) is 5.73 Å². The van der Waals surface area contributed by atoms with Crippen molar-refractivity contribution in [3.8, 4) is 0 Å². The Balaban J connectivity index is 1.74. The van der Waals surface area contributed by atoms with Crippen LogP contribution in [-0.4, -0.2) is 49.4 Å². The number of hydrogen-bond donors (Lipinski definition) is 2. The number of nitrogens with zero attached hydrogens (tertiary/aromatic N) is 2. The lowest BCUT2D eigenvalue weighted by Gasteiger charge is -2.36. The fraction of sp³-hybridized carbons (Fsp3) is 0.300. The van der Waals surface area contributed by atoms with Gasteiger partial charge >= 0.3 is 0 Å². The normalized spacial score (nSPS) is 14.9. The first-order chi connectivity index (χ1) is 12.6. The number of hydrogen-bond acceptors (Lipinski definition) is 4. The molecule has 3 rings (SSSR count). The Morgan fingerprint density at radius 3 is 2.19 bits per heavy atom. The van der Waals surface area contributed by atoms with Gasteiger partial charge in [-0.15, -0.1) is 0 Å². The Morgan fingerprint density at radius 2 is 1.58 bits per heavy atom. The van der Waals surface area contributed by atoms with Gasteiger partial charge in [0.15, 0.2) is 0 Å². The zero-order valence-electron chi connectivity index (χ0n) is 14.9. The van der Waals surface area contributed by atoms with Gasteiger partial charge in [-0.25, -0.2) is 0 Å². The molecule has 1 aliphatic heterocycles. The predicted octanol–water partition coefficient (Wildman–Crippen LogP) is 2.18. The van der Waals surface area contributed by atoms with Crippen molar-refractivity contribution in [1.29, 1.82) is 0 Å². The summed E-state index contributed by atoms with van der Waals surface area (Å²) in [5, 5.41) is 2.99. The number of rotatable bonds is 5. The van der Waals surface area contributed by atoms with E-state index in [-0.39, 0.29) is 5.91 Å². The summed E-state index contributed by atoms with van der Waals surface area (Å²) in [5.41, 5.74) is 7.93. The number of likely N-dealkylation sites (N-methyl/N-ethyl adjacent to an activating group) is 1. The van der Waals surface area contributed by atoms with Crippen LogP contribution in [0.1, 0.15) is 27.6 Å². The number of piperazine rings is 1. The molecule has 0 radical (unpaired) electrons. The summed E-state index contributed by atoms with van der Waals surface area (Å²) in [7, 11) is 0. The predicted molar refractivity (Wildman–Crippen MR) is 104 cm³/mol. The lowest BCUT2D eigenvalue weighted by Crippen LogP contribution is -2.46. The highest BCUT2D eigenvalue weighted by atomic mass is 16.2. The second-order valence-corrected chi connectivity index (χ2v) is 6.33. The topological polar surface area (TPSA) is 78.7 Å². The molecule has 1 heterocycles. The molecule has 2 aromatic rings. The van der Waals surface area contributed by atoms with Crippen LogP contribution in [0.5, 0.6) is 0 Å². The monoisotopic (exact) mass is 352 g/mol. The first-order valence-electron chi connectivity index (χ1n) is 8.86. The third-order valence-corrected chi connectivity index (χ3v) is 4.74. The van der Waals surface area contributed by atoms with Gasteiger partial charge in [0, 0.05) is 37.3 Å². The van der Waals surface area contributed by atoms with Crippen molar-refractivity contribution < 1.29 is 9.59 Å². The van der Waals surface area contributed by atoms with Crippen LogP contribution < -0.4 is 16.0 Å². The van der Waals surface area contributed by atoms with Gasteiger partial charge in [-0.3, -0.25) is 9.59 Å². The molecule has 26 heavy (non-hydrogen) atoms. The van der Waals surface area contributed by atoms with Crippen LogP contribution in [0.2, 0.25) is 0 Å². The minimum absolute atomic E-state index is 0.208. The first kappa shape index (κ1) is 17.9. The maximum Gasteiger partial charge on any atom is 0.255 e. The van der Waals surface area contributed by atoms with E-state index < -0.39 is 5.91 Å². The van der Waals surface area contributed by atoms with E-state index in [9.17, 15) is 9.59 Å². The van der Waals surface area contributed by atoms with Crippen molar-refractivity contribution in [2.45, 2.75) is 6.92 Å². The van der Waals surface area contributed by atoms with Crippen LogP contribution in [-0.2, 0) is 0 Å². The molecule has 1 aliphatic rings. The number of para-hydroxylation sites is 2. The highest BCUT2D eigenvalue weighted by Crippen LogP contribution is 2.27. The number of benzene rings is 2. The molecule has 1 saturated heterocycles. The quantitative estimate of drug-likeness (QED) is 0.864. The third-order valence-electron chi connectivity index (χ3n) is 4.74. The zero-order chi connectivity index (χ0) is 18.5. The third kappa shape index (κ3) is 4.03. The summed E-state index contributed by atoms with van der Waals surface area (Å²) in [5.74, 6) is -0.714. The maximum atomic E-state index is 12.6. The standard InChI is InChI=1S/C20H24N4O2/c1-2-23-11-13-24(14-12-23)18-6-4-3-5-17(18)22-20(26)16-9-7-15(8-10-16)19(21)25/h3-10H,2,11-14H2,1H3,(H2,21,25)(H,22,26). The Bertz CT molecular complexity index is 781. The number of amides is 2.